The number of rotatable bonds is 4. The fourth-order valence-corrected chi connectivity index (χ4v) is 4.10. The molecular formula is C18H12F20N4. The van der Waals surface area contributed by atoms with Crippen LogP contribution in [0.3, 0.4) is 0 Å². The van der Waals surface area contributed by atoms with E-state index < -0.39 is 84.5 Å². The Balaban J connectivity index is 3.37. The number of halogens is 20. The van der Waals surface area contributed by atoms with Gasteiger partial charge in [0.15, 0.2) is 11.6 Å². The molecule has 0 amide bonds. The summed E-state index contributed by atoms with van der Waals surface area (Å²) in [6.45, 7) is -1.61. The second-order valence-electron chi connectivity index (χ2n) is 8.74. The van der Waals surface area contributed by atoms with E-state index in [0.717, 1.165) is 0 Å². The van der Waals surface area contributed by atoms with Gasteiger partial charge in [-0.05, 0) is 12.8 Å². The molecule has 0 spiro atoms. The maximum atomic E-state index is 14.4. The van der Waals surface area contributed by atoms with Crippen molar-refractivity contribution in [2.24, 2.45) is 0 Å². The highest BCUT2D eigenvalue weighted by atomic mass is 19.4. The first-order valence-corrected chi connectivity index (χ1v) is 10.7. The van der Waals surface area contributed by atoms with Gasteiger partial charge >= 0.3 is 48.4 Å². The Hall–Kier alpha value is -2.59. The van der Waals surface area contributed by atoms with Crippen LogP contribution in [0.4, 0.5) is 93.8 Å². The lowest BCUT2D eigenvalue weighted by molar-refractivity contribution is -0.416. The maximum Gasteiger partial charge on any atom is 0.455 e. The Morgan fingerprint density at radius 1 is 0.381 bits per heavy atom. The Morgan fingerprint density at radius 2 is 0.690 bits per heavy atom. The van der Waals surface area contributed by atoms with E-state index in [-0.39, 0.29) is 30.6 Å². The molecule has 1 aromatic rings. The SMILES string of the molecule is FC(F)(F)C(F)(F)C(c1nc(N2CCCCCC2)nc(C(C(F)(F)F)(C(F)(F)F)C(F)(F)F)n1)(C(F)(F)F)C(F)(F)F. The molecule has 0 atom stereocenters. The van der Waals surface area contributed by atoms with Crippen LogP contribution < -0.4 is 4.90 Å². The van der Waals surface area contributed by atoms with Crippen LogP contribution in [0.15, 0.2) is 0 Å². The molecule has 0 aliphatic carbocycles. The lowest BCUT2D eigenvalue weighted by Crippen LogP contribution is -2.70. The van der Waals surface area contributed by atoms with Crippen LogP contribution in [-0.2, 0) is 10.8 Å². The zero-order valence-electron chi connectivity index (χ0n) is 19.6. The Kier molecular flexibility index (Phi) is 8.69. The summed E-state index contributed by atoms with van der Waals surface area (Å²) in [7, 11) is 0. The first-order chi connectivity index (χ1) is 18.4. The van der Waals surface area contributed by atoms with Crippen LogP contribution in [0, 0.1) is 0 Å². The summed E-state index contributed by atoms with van der Waals surface area (Å²) in [5.74, 6) is -18.9. The largest absolute Gasteiger partial charge is 0.455 e. The van der Waals surface area contributed by atoms with Gasteiger partial charge in [-0.1, -0.05) is 12.8 Å². The van der Waals surface area contributed by atoms with Crippen molar-refractivity contribution in [1.29, 1.82) is 0 Å². The second-order valence-corrected chi connectivity index (χ2v) is 8.74. The van der Waals surface area contributed by atoms with Gasteiger partial charge in [0.05, 0.1) is 0 Å². The number of anilines is 1. The molecule has 24 heteroatoms. The molecule has 42 heavy (non-hydrogen) atoms. The van der Waals surface area contributed by atoms with E-state index in [1.165, 1.54) is 4.98 Å². The van der Waals surface area contributed by atoms with Crippen molar-refractivity contribution in [3.05, 3.63) is 11.6 Å². The fourth-order valence-electron chi connectivity index (χ4n) is 4.10. The zero-order valence-corrected chi connectivity index (χ0v) is 19.6. The van der Waals surface area contributed by atoms with Gasteiger partial charge in [0.25, 0.3) is 5.41 Å². The number of aromatic nitrogens is 3. The van der Waals surface area contributed by atoms with E-state index >= 15 is 0 Å². The molecule has 1 aliphatic rings. The van der Waals surface area contributed by atoms with Gasteiger partial charge in [-0.3, -0.25) is 0 Å². The van der Waals surface area contributed by atoms with Crippen LogP contribution in [0.1, 0.15) is 37.3 Å². The van der Waals surface area contributed by atoms with Crippen LogP contribution in [0.25, 0.3) is 0 Å². The first-order valence-electron chi connectivity index (χ1n) is 10.7. The number of alkyl halides is 20. The highest BCUT2D eigenvalue weighted by molar-refractivity contribution is 5.37. The molecule has 0 aromatic carbocycles. The summed E-state index contributed by atoms with van der Waals surface area (Å²) in [4.78, 5) is 5.70. The highest BCUT2D eigenvalue weighted by Crippen LogP contribution is 2.64. The molecule has 1 saturated heterocycles. The lowest BCUT2D eigenvalue weighted by Gasteiger charge is -2.42. The average Bonchev–Trinajstić information content (AvgIpc) is 2.97. The molecule has 0 unspecified atom stereocenters. The van der Waals surface area contributed by atoms with Crippen molar-refractivity contribution in [2.45, 2.75) is 79.5 Å². The quantitative estimate of drug-likeness (QED) is 0.309. The highest BCUT2D eigenvalue weighted by Gasteiger charge is 2.92. The second kappa shape index (κ2) is 10.3. The van der Waals surface area contributed by atoms with Gasteiger partial charge in [-0.25, -0.2) is 4.98 Å². The van der Waals surface area contributed by atoms with E-state index in [2.05, 4.69) is 9.97 Å². The molecular weight excluding hydrogens is 652 g/mol. The van der Waals surface area contributed by atoms with Gasteiger partial charge in [-0.15, -0.1) is 0 Å². The monoisotopic (exact) mass is 664 g/mol. The van der Waals surface area contributed by atoms with E-state index in [1.807, 2.05) is 0 Å². The molecule has 1 fully saturated rings. The minimum atomic E-state index is -8.25. The van der Waals surface area contributed by atoms with Gasteiger partial charge < -0.3 is 4.90 Å². The molecule has 0 radical (unpaired) electrons. The van der Waals surface area contributed by atoms with Crippen LogP contribution in [0.2, 0.25) is 0 Å². The van der Waals surface area contributed by atoms with Gasteiger partial charge in [0.2, 0.25) is 5.95 Å². The third kappa shape index (κ3) is 5.23. The normalized spacial score (nSPS) is 17.9. The zero-order chi connectivity index (χ0) is 33.2. The summed E-state index contributed by atoms with van der Waals surface area (Å²) in [5, 5.41) is 0. The minimum Gasteiger partial charge on any atom is -0.341 e. The predicted molar refractivity (Wildman–Crippen MR) is 95.1 cm³/mol. The maximum absolute atomic E-state index is 14.4. The molecule has 0 N–H and O–H groups in total. The van der Waals surface area contributed by atoms with E-state index in [4.69, 9.17) is 0 Å². The summed E-state index contributed by atoms with van der Waals surface area (Å²) < 4.78 is 274. The summed E-state index contributed by atoms with van der Waals surface area (Å²) in [6.07, 6.45) is -47.9. The van der Waals surface area contributed by atoms with Crippen LogP contribution >= 0.6 is 0 Å². The Morgan fingerprint density at radius 3 is 0.976 bits per heavy atom. The molecule has 0 saturated carbocycles. The van der Waals surface area contributed by atoms with Gasteiger partial charge in [0, 0.05) is 13.1 Å². The Labute approximate surface area is 219 Å². The smallest absolute Gasteiger partial charge is 0.341 e. The van der Waals surface area contributed by atoms with Gasteiger partial charge in [0.1, 0.15) is 0 Å². The topological polar surface area (TPSA) is 41.9 Å². The fraction of sp³-hybridized carbons (Fsp3) is 0.833. The van der Waals surface area contributed by atoms with Crippen molar-refractivity contribution < 1.29 is 87.8 Å². The van der Waals surface area contributed by atoms with Crippen molar-refractivity contribution in [3.8, 4) is 0 Å². The third-order valence-electron chi connectivity index (χ3n) is 6.14. The first kappa shape index (κ1) is 35.6. The minimum absolute atomic E-state index is 0.111. The molecule has 244 valence electrons. The summed E-state index contributed by atoms with van der Waals surface area (Å²) in [6, 6.07) is 0. The third-order valence-corrected chi connectivity index (χ3v) is 6.14. The number of hydrogen-bond acceptors (Lipinski definition) is 4. The predicted octanol–water partition coefficient (Wildman–Crippen LogP) is 7.74. The standard InChI is InChI=1S/C18H12F20N4/c19-12(20,18(36,37)38)10(13(21,22)23,14(24,25)26)7-39-8(41-9(40-7)42-5-3-1-2-4-6-42)11(15(27,28)29,16(30,31)32)17(33,34)35/h1-6H2. The number of nitrogens with zero attached hydrogens (tertiary/aromatic N) is 4. The summed E-state index contributed by atoms with van der Waals surface area (Å²) in [5.41, 5.74) is -15.5. The Bertz CT molecular complexity index is 1050. The molecule has 2 rings (SSSR count). The van der Waals surface area contributed by atoms with Crippen LogP contribution in [-0.4, -0.2) is 71.0 Å². The van der Waals surface area contributed by atoms with E-state index in [9.17, 15) is 87.8 Å². The lowest BCUT2D eigenvalue weighted by atomic mass is 9.77. The van der Waals surface area contributed by atoms with Gasteiger partial charge in [-0.2, -0.15) is 97.8 Å². The molecule has 0 bridgehead atoms. The van der Waals surface area contributed by atoms with Crippen LogP contribution in [0.5, 0.6) is 0 Å². The van der Waals surface area contributed by atoms with Crippen molar-refractivity contribution in [2.75, 3.05) is 18.0 Å². The average molecular weight is 664 g/mol. The van der Waals surface area contributed by atoms with Crippen molar-refractivity contribution in [1.82, 2.24) is 15.0 Å². The van der Waals surface area contributed by atoms with Crippen molar-refractivity contribution >= 4 is 5.95 Å². The molecule has 2 heterocycles. The summed E-state index contributed by atoms with van der Waals surface area (Å²) >= 11 is 0. The number of hydrogen-bond donors (Lipinski definition) is 0. The van der Waals surface area contributed by atoms with Crippen molar-refractivity contribution in [3.63, 3.8) is 0 Å². The molecule has 1 aromatic heterocycles. The van der Waals surface area contributed by atoms with E-state index in [1.54, 1.807) is 0 Å². The van der Waals surface area contributed by atoms with E-state index in [0.29, 0.717) is 0 Å². The molecule has 1 aliphatic heterocycles. The molecule has 4 nitrogen and oxygen atoms in total.